The fourth-order valence-electron chi connectivity index (χ4n) is 2.69. The number of fused-ring (bicyclic) bond motifs is 1. The number of aromatic nitrogens is 3. The number of pyridine rings is 1. The van der Waals surface area contributed by atoms with Gasteiger partial charge in [-0.3, -0.25) is 14.9 Å². The van der Waals surface area contributed by atoms with Gasteiger partial charge in [-0.2, -0.15) is 5.26 Å². The van der Waals surface area contributed by atoms with E-state index in [1.165, 1.54) is 0 Å². The first-order valence-electron chi connectivity index (χ1n) is 7.36. The van der Waals surface area contributed by atoms with Gasteiger partial charge in [0.1, 0.15) is 11.6 Å². The zero-order valence-corrected chi connectivity index (χ0v) is 12.9. The predicted molar refractivity (Wildman–Crippen MR) is 82.5 cm³/mol. The summed E-state index contributed by atoms with van der Waals surface area (Å²) in [5, 5.41) is 16.4. The zero-order valence-electron chi connectivity index (χ0n) is 12.9. The molecular formula is C16H15N5O3. The van der Waals surface area contributed by atoms with Crippen LogP contribution in [0.4, 0.5) is 0 Å². The van der Waals surface area contributed by atoms with E-state index in [0.29, 0.717) is 11.3 Å². The maximum Gasteiger partial charge on any atom is 0.311 e. The van der Waals surface area contributed by atoms with E-state index in [9.17, 15) is 10.1 Å². The third kappa shape index (κ3) is 2.67. The molecule has 1 atom stereocenters. The van der Waals surface area contributed by atoms with Crippen LogP contribution in [0.2, 0.25) is 0 Å². The van der Waals surface area contributed by atoms with Crippen molar-refractivity contribution in [2.24, 2.45) is 5.73 Å². The van der Waals surface area contributed by atoms with Gasteiger partial charge in [-0.1, -0.05) is 0 Å². The number of nitriles is 1. The summed E-state index contributed by atoms with van der Waals surface area (Å²) in [5.41, 5.74) is 8.08. The molecule has 1 unspecified atom stereocenters. The molecule has 8 nitrogen and oxygen atoms in total. The molecule has 3 heterocycles. The van der Waals surface area contributed by atoms with Gasteiger partial charge in [-0.25, -0.2) is 0 Å². The fraction of sp³-hybridized carbons (Fsp3) is 0.250. The van der Waals surface area contributed by atoms with Crippen LogP contribution in [0, 0.1) is 11.3 Å². The number of nitrogens with one attached hydrogen (secondary N) is 1. The highest BCUT2D eigenvalue weighted by atomic mass is 16.5. The molecule has 2 aromatic rings. The lowest BCUT2D eigenvalue weighted by atomic mass is 9.84. The van der Waals surface area contributed by atoms with Gasteiger partial charge in [0.25, 0.3) is 0 Å². The highest BCUT2D eigenvalue weighted by Crippen LogP contribution is 2.42. The molecule has 3 rings (SSSR count). The minimum absolute atomic E-state index is 0.000268. The highest BCUT2D eigenvalue weighted by Gasteiger charge is 2.35. The highest BCUT2D eigenvalue weighted by molar-refractivity contribution is 5.73. The first-order valence-corrected chi connectivity index (χ1v) is 7.36. The van der Waals surface area contributed by atoms with Gasteiger partial charge in [-0.05, 0) is 24.6 Å². The zero-order chi connectivity index (χ0) is 17.1. The Labute approximate surface area is 137 Å². The summed E-state index contributed by atoms with van der Waals surface area (Å²) in [6, 6.07) is 5.66. The van der Waals surface area contributed by atoms with E-state index in [0.717, 1.165) is 5.56 Å². The maximum atomic E-state index is 11.8. The Morgan fingerprint density at radius 3 is 2.92 bits per heavy atom. The third-order valence-electron chi connectivity index (χ3n) is 3.68. The summed E-state index contributed by atoms with van der Waals surface area (Å²) in [4.78, 5) is 15.8. The Bertz CT molecular complexity index is 835. The molecule has 0 aliphatic carbocycles. The van der Waals surface area contributed by atoms with Crippen molar-refractivity contribution in [3.63, 3.8) is 0 Å². The number of carbonyl (C=O) groups is 1. The predicted octanol–water partition coefficient (Wildman–Crippen LogP) is 1.13. The molecule has 0 bridgehead atoms. The lowest BCUT2D eigenvalue weighted by Gasteiger charge is -2.23. The molecule has 2 aromatic heterocycles. The number of nitrogens with zero attached hydrogens (tertiary/aromatic N) is 3. The van der Waals surface area contributed by atoms with E-state index in [1.807, 2.05) is 0 Å². The summed E-state index contributed by atoms with van der Waals surface area (Å²) in [6.07, 6.45) is 3.25. The molecule has 0 fully saturated rings. The second-order valence-corrected chi connectivity index (χ2v) is 5.11. The smallest absolute Gasteiger partial charge is 0.311 e. The topological polar surface area (TPSA) is 127 Å². The van der Waals surface area contributed by atoms with Crippen molar-refractivity contribution in [1.82, 2.24) is 15.2 Å². The largest absolute Gasteiger partial charge is 0.466 e. The number of nitrogens with two attached hydrogens (primary N) is 1. The standard InChI is InChI=1S/C16H15N5O3/c1-2-23-12(22)7-11-14-13(9-3-5-19-6-4-9)10(8-17)15(18)24-16(14)21-20-11/h3-6,13H,2,7,18H2,1H3,(H,20,21). The van der Waals surface area contributed by atoms with E-state index < -0.39 is 11.9 Å². The molecule has 0 saturated carbocycles. The summed E-state index contributed by atoms with van der Waals surface area (Å²) in [6.45, 7) is 2.02. The van der Waals surface area contributed by atoms with Crippen LogP contribution < -0.4 is 10.5 Å². The number of esters is 1. The van der Waals surface area contributed by atoms with Crippen LogP contribution in [-0.2, 0) is 16.0 Å². The molecule has 0 spiro atoms. The summed E-state index contributed by atoms with van der Waals surface area (Å²) >= 11 is 0. The molecule has 3 N–H and O–H groups in total. The molecule has 24 heavy (non-hydrogen) atoms. The lowest BCUT2D eigenvalue weighted by molar-refractivity contribution is -0.142. The van der Waals surface area contributed by atoms with Crippen LogP contribution in [0.15, 0.2) is 36.0 Å². The van der Waals surface area contributed by atoms with E-state index >= 15 is 0 Å². The van der Waals surface area contributed by atoms with Crippen molar-refractivity contribution in [3.05, 3.63) is 52.8 Å². The van der Waals surface area contributed by atoms with E-state index in [1.54, 1.807) is 31.5 Å². The molecule has 0 saturated heterocycles. The molecule has 0 radical (unpaired) electrons. The van der Waals surface area contributed by atoms with Crippen molar-refractivity contribution in [3.8, 4) is 11.9 Å². The number of ether oxygens (including phenoxy) is 2. The van der Waals surface area contributed by atoms with Crippen LogP contribution in [-0.4, -0.2) is 27.8 Å². The Balaban J connectivity index is 2.09. The van der Waals surface area contributed by atoms with Crippen molar-refractivity contribution in [2.75, 3.05) is 6.61 Å². The average molecular weight is 325 g/mol. The van der Waals surface area contributed by atoms with E-state index in [-0.39, 0.29) is 30.4 Å². The number of rotatable bonds is 4. The molecular weight excluding hydrogens is 310 g/mol. The molecule has 1 aliphatic rings. The Morgan fingerprint density at radius 2 is 2.25 bits per heavy atom. The third-order valence-corrected chi connectivity index (χ3v) is 3.68. The second-order valence-electron chi connectivity index (χ2n) is 5.11. The van der Waals surface area contributed by atoms with Crippen LogP contribution in [0.1, 0.15) is 29.7 Å². The van der Waals surface area contributed by atoms with Gasteiger partial charge in [0.15, 0.2) is 0 Å². The van der Waals surface area contributed by atoms with Gasteiger partial charge in [0.2, 0.25) is 11.8 Å². The normalized spacial score (nSPS) is 16.1. The minimum atomic E-state index is -0.482. The molecule has 122 valence electrons. The average Bonchev–Trinajstić information content (AvgIpc) is 2.96. The van der Waals surface area contributed by atoms with E-state index in [2.05, 4.69) is 21.3 Å². The SMILES string of the molecule is CCOC(=O)Cc1[nH]nc2c1C(c1ccncc1)C(C#N)=C(N)O2. The van der Waals surface area contributed by atoms with Crippen LogP contribution in [0.25, 0.3) is 0 Å². The van der Waals surface area contributed by atoms with E-state index in [4.69, 9.17) is 15.2 Å². The second kappa shape index (κ2) is 6.42. The van der Waals surface area contributed by atoms with Crippen molar-refractivity contribution >= 4 is 5.97 Å². The number of aromatic amines is 1. The number of hydrogen-bond acceptors (Lipinski definition) is 7. The minimum Gasteiger partial charge on any atom is -0.466 e. The van der Waals surface area contributed by atoms with Gasteiger partial charge in [0, 0.05) is 12.4 Å². The van der Waals surface area contributed by atoms with Gasteiger partial charge >= 0.3 is 5.97 Å². The fourth-order valence-corrected chi connectivity index (χ4v) is 2.69. The Hall–Kier alpha value is -3.34. The number of H-pyrrole nitrogens is 1. The molecule has 1 aliphatic heterocycles. The number of hydrogen-bond donors (Lipinski definition) is 2. The van der Waals surface area contributed by atoms with Crippen molar-refractivity contribution in [1.29, 1.82) is 5.26 Å². The Kier molecular flexibility index (Phi) is 4.16. The van der Waals surface area contributed by atoms with Crippen molar-refractivity contribution in [2.45, 2.75) is 19.3 Å². The first-order chi connectivity index (χ1) is 11.7. The van der Waals surface area contributed by atoms with Crippen molar-refractivity contribution < 1.29 is 14.3 Å². The number of carbonyl (C=O) groups excluding carboxylic acids is 1. The monoisotopic (exact) mass is 325 g/mol. The van der Waals surface area contributed by atoms with Crippen LogP contribution in [0.3, 0.4) is 0 Å². The Morgan fingerprint density at radius 1 is 1.50 bits per heavy atom. The molecule has 8 heteroatoms. The summed E-state index contributed by atoms with van der Waals surface area (Å²) in [7, 11) is 0. The quantitative estimate of drug-likeness (QED) is 0.806. The lowest BCUT2D eigenvalue weighted by Crippen LogP contribution is -2.22. The maximum absolute atomic E-state index is 11.8. The van der Waals surface area contributed by atoms with Crippen LogP contribution in [0.5, 0.6) is 5.88 Å². The number of allylic oxidation sites excluding steroid dienone is 1. The van der Waals surface area contributed by atoms with Gasteiger partial charge in [0.05, 0.1) is 30.2 Å². The van der Waals surface area contributed by atoms with Gasteiger partial charge < -0.3 is 15.2 Å². The summed E-state index contributed by atoms with van der Waals surface area (Å²) < 4.78 is 10.4. The van der Waals surface area contributed by atoms with Gasteiger partial charge in [-0.15, -0.1) is 5.10 Å². The molecule has 0 amide bonds. The van der Waals surface area contributed by atoms with Crippen LogP contribution >= 0.6 is 0 Å². The molecule has 0 aromatic carbocycles. The summed E-state index contributed by atoms with van der Waals surface area (Å²) in [5.74, 6) is -0.614. The first kappa shape index (κ1) is 15.6.